The van der Waals surface area contributed by atoms with Crippen LogP contribution in [0.4, 0.5) is 10.1 Å². The Balaban J connectivity index is 1.76. The molecule has 1 heterocycles. The van der Waals surface area contributed by atoms with Crippen molar-refractivity contribution in [2.45, 2.75) is 6.42 Å². The summed E-state index contributed by atoms with van der Waals surface area (Å²) in [5.74, 6) is 0.394. The first-order chi connectivity index (χ1) is 8.22. The average molecular weight is 230 g/mol. The van der Waals surface area contributed by atoms with Crippen LogP contribution in [0.5, 0.6) is 0 Å². The SMILES string of the molecule is N#CC[C@H]1[C@@H]2CN(c3ccc(F)cc3)C(=O)[C@@H]12. The van der Waals surface area contributed by atoms with E-state index in [9.17, 15) is 9.18 Å². The molecule has 1 saturated carbocycles. The second-order valence-electron chi connectivity index (χ2n) is 4.64. The van der Waals surface area contributed by atoms with Crippen LogP contribution in [0.3, 0.4) is 0 Å². The molecule has 3 atom stereocenters. The molecule has 3 nitrogen and oxygen atoms in total. The summed E-state index contributed by atoms with van der Waals surface area (Å²) in [5.41, 5.74) is 0.749. The normalized spacial score (nSPS) is 30.0. The van der Waals surface area contributed by atoms with E-state index in [0.29, 0.717) is 18.9 Å². The van der Waals surface area contributed by atoms with Gasteiger partial charge in [-0.15, -0.1) is 0 Å². The fourth-order valence-corrected chi connectivity index (χ4v) is 2.78. The molecule has 0 spiro atoms. The molecule has 2 aliphatic rings. The van der Waals surface area contributed by atoms with Crippen molar-refractivity contribution in [2.75, 3.05) is 11.4 Å². The van der Waals surface area contributed by atoms with E-state index in [-0.39, 0.29) is 23.6 Å². The Morgan fingerprint density at radius 3 is 2.65 bits per heavy atom. The fraction of sp³-hybridized carbons (Fsp3) is 0.385. The highest BCUT2D eigenvalue weighted by molar-refractivity contribution is 6.00. The van der Waals surface area contributed by atoms with Crippen LogP contribution in [0.15, 0.2) is 24.3 Å². The molecule has 1 aromatic carbocycles. The average Bonchev–Trinajstić information content (AvgIpc) is 2.88. The van der Waals surface area contributed by atoms with Crippen molar-refractivity contribution in [3.8, 4) is 6.07 Å². The zero-order valence-electron chi connectivity index (χ0n) is 9.14. The van der Waals surface area contributed by atoms with E-state index >= 15 is 0 Å². The third kappa shape index (κ3) is 1.50. The summed E-state index contributed by atoms with van der Waals surface area (Å²) in [6, 6.07) is 8.09. The molecule has 1 aromatic rings. The number of benzene rings is 1. The number of fused-ring (bicyclic) bond motifs is 1. The number of nitriles is 1. The maximum absolute atomic E-state index is 12.8. The summed E-state index contributed by atoms with van der Waals surface area (Å²) in [6.07, 6.45) is 0.471. The molecule has 0 bridgehead atoms. The van der Waals surface area contributed by atoms with Gasteiger partial charge in [0, 0.05) is 24.6 Å². The van der Waals surface area contributed by atoms with E-state index in [1.807, 2.05) is 0 Å². The Morgan fingerprint density at radius 2 is 2.12 bits per heavy atom. The fourth-order valence-electron chi connectivity index (χ4n) is 2.78. The number of piperidine rings is 1. The minimum atomic E-state index is -0.298. The van der Waals surface area contributed by atoms with E-state index in [0.717, 1.165) is 5.69 Å². The summed E-state index contributed by atoms with van der Waals surface area (Å²) in [6.45, 7) is 0.668. The summed E-state index contributed by atoms with van der Waals surface area (Å²) in [5, 5.41) is 8.61. The Hall–Kier alpha value is -1.89. The third-order valence-electron chi connectivity index (χ3n) is 3.74. The van der Waals surface area contributed by atoms with Crippen molar-refractivity contribution in [3.05, 3.63) is 30.1 Å². The largest absolute Gasteiger partial charge is 0.312 e. The zero-order valence-corrected chi connectivity index (χ0v) is 9.14. The van der Waals surface area contributed by atoms with Gasteiger partial charge in [-0.2, -0.15) is 5.26 Å². The maximum atomic E-state index is 12.8. The number of rotatable bonds is 2. The van der Waals surface area contributed by atoms with Gasteiger partial charge in [-0.3, -0.25) is 4.79 Å². The second-order valence-corrected chi connectivity index (χ2v) is 4.64. The quantitative estimate of drug-likeness (QED) is 0.779. The first-order valence-electron chi connectivity index (χ1n) is 5.66. The first kappa shape index (κ1) is 10.3. The van der Waals surface area contributed by atoms with Crippen LogP contribution in [-0.2, 0) is 4.79 Å². The molecule has 0 radical (unpaired) electrons. The molecule has 3 rings (SSSR count). The van der Waals surface area contributed by atoms with Crippen molar-refractivity contribution in [1.82, 2.24) is 0 Å². The van der Waals surface area contributed by atoms with Crippen molar-refractivity contribution in [1.29, 1.82) is 5.26 Å². The molecule has 0 unspecified atom stereocenters. The molecular formula is C13H11FN2O. The van der Waals surface area contributed by atoms with Crippen molar-refractivity contribution in [2.24, 2.45) is 17.8 Å². The predicted molar refractivity (Wildman–Crippen MR) is 59.5 cm³/mol. The zero-order chi connectivity index (χ0) is 12.0. The number of amides is 1. The Morgan fingerprint density at radius 1 is 1.41 bits per heavy atom. The monoisotopic (exact) mass is 230 g/mol. The number of hydrogen-bond donors (Lipinski definition) is 0. The lowest BCUT2D eigenvalue weighted by Gasteiger charge is -2.19. The molecule has 0 N–H and O–H groups in total. The molecule has 17 heavy (non-hydrogen) atoms. The molecular weight excluding hydrogens is 219 g/mol. The Kier molecular flexibility index (Phi) is 2.15. The molecule has 4 heteroatoms. The van der Waals surface area contributed by atoms with Crippen LogP contribution in [0.1, 0.15) is 6.42 Å². The van der Waals surface area contributed by atoms with Gasteiger partial charge in [0.2, 0.25) is 5.91 Å². The second kappa shape index (κ2) is 3.56. The lowest BCUT2D eigenvalue weighted by molar-refractivity contribution is -0.119. The molecule has 1 amide bonds. The summed E-state index contributed by atoms with van der Waals surface area (Å²) >= 11 is 0. The first-order valence-corrected chi connectivity index (χ1v) is 5.66. The Labute approximate surface area is 98.5 Å². The van der Waals surface area contributed by atoms with Crippen LogP contribution in [0.25, 0.3) is 0 Å². The van der Waals surface area contributed by atoms with E-state index in [1.165, 1.54) is 12.1 Å². The minimum absolute atomic E-state index is 0.0275. The third-order valence-corrected chi connectivity index (χ3v) is 3.74. The lowest BCUT2D eigenvalue weighted by atomic mass is 10.2. The highest BCUT2D eigenvalue weighted by Gasteiger charge is 2.61. The molecule has 1 aliphatic carbocycles. The van der Waals surface area contributed by atoms with E-state index in [1.54, 1.807) is 17.0 Å². The van der Waals surface area contributed by atoms with Gasteiger partial charge in [0.05, 0.1) is 6.07 Å². The molecule has 86 valence electrons. The standard InChI is InChI=1S/C13H11FN2O/c14-8-1-3-9(4-2-8)16-7-11-10(5-6-15)12(11)13(16)17/h1-4,10-12H,5,7H2/t10-,11-,12-/m0/s1. The smallest absolute Gasteiger partial charge is 0.230 e. The van der Waals surface area contributed by atoms with Gasteiger partial charge < -0.3 is 4.90 Å². The van der Waals surface area contributed by atoms with Crippen LogP contribution < -0.4 is 4.90 Å². The maximum Gasteiger partial charge on any atom is 0.230 e. The molecule has 0 aromatic heterocycles. The summed E-state index contributed by atoms with van der Waals surface area (Å²) in [4.78, 5) is 13.7. The van der Waals surface area contributed by atoms with Gasteiger partial charge in [0.15, 0.2) is 0 Å². The highest BCUT2D eigenvalue weighted by atomic mass is 19.1. The van der Waals surface area contributed by atoms with Gasteiger partial charge in [-0.05, 0) is 36.1 Å². The van der Waals surface area contributed by atoms with Gasteiger partial charge in [-0.25, -0.2) is 4.39 Å². The number of nitrogens with zero attached hydrogens (tertiary/aromatic N) is 2. The van der Waals surface area contributed by atoms with Gasteiger partial charge in [-0.1, -0.05) is 0 Å². The molecule has 2 fully saturated rings. The highest BCUT2D eigenvalue weighted by Crippen LogP contribution is 2.54. The summed E-state index contributed by atoms with van der Waals surface area (Å²) in [7, 11) is 0. The van der Waals surface area contributed by atoms with Gasteiger partial charge in [0.25, 0.3) is 0 Å². The predicted octanol–water partition coefficient (Wildman–Crippen LogP) is 1.95. The molecule has 1 aliphatic heterocycles. The van der Waals surface area contributed by atoms with Crippen molar-refractivity contribution < 1.29 is 9.18 Å². The number of carbonyl (C=O) groups is 1. The van der Waals surface area contributed by atoms with Crippen molar-refractivity contribution >= 4 is 11.6 Å². The Bertz CT molecular complexity index is 505. The summed E-state index contributed by atoms with van der Waals surface area (Å²) < 4.78 is 12.8. The van der Waals surface area contributed by atoms with Crippen LogP contribution >= 0.6 is 0 Å². The molecule has 1 saturated heterocycles. The number of halogens is 1. The number of hydrogen-bond acceptors (Lipinski definition) is 2. The lowest BCUT2D eigenvalue weighted by Crippen LogP contribution is -2.29. The van der Waals surface area contributed by atoms with Crippen LogP contribution in [0.2, 0.25) is 0 Å². The van der Waals surface area contributed by atoms with E-state index < -0.39 is 0 Å². The van der Waals surface area contributed by atoms with Gasteiger partial charge >= 0.3 is 0 Å². The van der Waals surface area contributed by atoms with Crippen molar-refractivity contribution in [3.63, 3.8) is 0 Å². The van der Waals surface area contributed by atoms with E-state index in [2.05, 4.69) is 6.07 Å². The topological polar surface area (TPSA) is 44.1 Å². The number of anilines is 1. The number of carbonyl (C=O) groups excluding carboxylic acids is 1. The van der Waals surface area contributed by atoms with Crippen LogP contribution in [-0.4, -0.2) is 12.5 Å². The minimum Gasteiger partial charge on any atom is -0.312 e. The van der Waals surface area contributed by atoms with Gasteiger partial charge in [0.1, 0.15) is 5.82 Å². The van der Waals surface area contributed by atoms with E-state index in [4.69, 9.17) is 5.26 Å². The van der Waals surface area contributed by atoms with Crippen LogP contribution in [0, 0.1) is 34.9 Å².